The minimum absolute atomic E-state index is 0.0236. The zero-order valence-corrected chi connectivity index (χ0v) is 12.1. The molecule has 0 radical (unpaired) electrons. The average molecular weight is 308 g/mol. The van der Waals surface area contributed by atoms with Gasteiger partial charge in [-0.1, -0.05) is 0 Å². The molecule has 0 aliphatic rings. The van der Waals surface area contributed by atoms with E-state index in [1.165, 1.54) is 38.2 Å². The van der Waals surface area contributed by atoms with Gasteiger partial charge in [0.25, 0.3) is 0 Å². The molecule has 0 aliphatic heterocycles. The lowest BCUT2D eigenvalue weighted by atomic mass is 10.4. The molecule has 108 valence electrons. The summed E-state index contributed by atoms with van der Waals surface area (Å²) in [6.45, 7) is 1.34. The highest BCUT2D eigenvalue weighted by atomic mass is 32.2. The second-order valence-electron chi connectivity index (χ2n) is 3.88. The molecule has 0 aromatic heterocycles. The lowest BCUT2D eigenvalue weighted by Crippen LogP contribution is -2.30. The Kier molecular flexibility index (Phi) is 5.04. The summed E-state index contributed by atoms with van der Waals surface area (Å²) in [5, 5.41) is 9.03. The quantitative estimate of drug-likeness (QED) is 0.640. The van der Waals surface area contributed by atoms with Crippen LogP contribution in [0.2, 0.25) is 0 Å². The lowest BCUT2D eigenvalue weighted by molar-refractivity contribution is 0.198. The molecule has 1 atom stereocenters. The van der Waals surface area contributed by atoms with Gasteiger partial charge in [-0.3, -0.25) is 0 Å². The summed E-state index contributed by atoms with van der Waals surface area (Å²) in [6.07, 6.45) is -0.807. The molecular weight excluding hydrogens is 292 g/mol. The Morgan fingerprint density at radius 3 is 1.84 bits per heavy atom. The van der Waals surface area contributed by atoms with E-state index in [4.69, 9.17) is 5.11 Å². The first-order valence-corrected chi connectivity index (χ1v) is 8.37. The third-order valence-corrected chi connectivity index (χ3v) is 5.15. The predicted octanol–water partition coefficient (Wildman–Crippen LogP) is -0.746. The van der Waals surface area contributed by atoms with Gasteiger partial charge < -0.3 is 5.11 Å². The SMILES string of the molecule is CNS(=O)(=O)c1ccc(S(=O)(=O)NC[C@@H](C)O)cc1. The number of nitrogens with one attached hydrogen (secondary N) is 2. The van der Waals surface area contributed by atoms with Crippen LogP contribution in [0.15, 0.2) is 34.1 Å². The molecule has 0 saturated heterocycles. The molecule has 7 nitrogen and oxygen atoms in total. The largest absolute Gasteiger partial charge is 0.392 e. The van der Waals surface area contributed by atoms with Gasteiger partial charge in [-0.05, 0) is 38.2 Å². The van der Waals surface area contributed by atoms with E-state index >= 15 is 0 Å². The van der Waals surface area contributed by atoms with E-state index in [-0.39, 0.29) is 16.3 Å². The fraction of sp³-hybridized carbons (Fsp3) is 0.400. The Bertz CT molecular complexity index is 620. The topological polar surface area (TPSA) is 113 Å². The van der Waals surface area contributed by atoms with Crippen LogP contribution >= 0.6 is 0 Å². The van der Waals surface area contributed by atoms with Gasteiger partial charge >= 0.3 is 0 Å². The number of aliphatic hydroxyl groups excluding tert-OH is 1. The van der Waals surface area contributed by atoms with Crippen molar-refractivity contribution in [1.82, 2.24) is 9.44 Å². The summed E-state index contributed by atoms with van der Waals surface area (Å²) in [5.74, 6) is 0. The van der Waals surface area contributed by atoms with Crippen LogP contribution in [0.3, 0.4) is 0 Å². The maximum Gasteiger partial charge on any atom is 0.240 e. The predicted molar refractivity (Wildman–Crippen MR) is 69.6 cm³/mol. The third kappa shape index (κ3) is 4.25. The minimum Gasteiger partial charge on any atom is -0.392 e. The van der Waals surface area contributed by atoms with E-state index in [1.807, 2.05) is 0 Å². The van der Waals surface area contributed by atoms with Crippen molar-refractivity contribution in [3.63, 3.8) is 0 Å². The van der Waals surface area contributed by atoms with Gasteiger partial charge in [-0.15, -0.1) is 0 Å². The van der Waals surface area contributed by atoms with Crippen LogP contribution in [0.4, 0.5) is 0 Å². The first-order valence-electron chi connectivity index (χ1n) is 5.40. The fourth-order valence-electron chi connectivity index (χ4n) is 1.23. The highest BCUT2D eigenvalue weighted by Gasteiger charge is 2.17. The van der Waals surface area contributed by atoms with Crippen molar-refractivity contribution >= 4 is 20.0 Å². The molecule has 0 fully saturated rings. The Labute approximate surface area is 112 Å². The number of benzene rings is 1. The molecular formula is C10H16N2O5S2. The smallest absolute Gasteiger partial charge is 0.240 e. The molecule has 0 saturated carbocycles. The van der Waals surface area contributed by atoms with Gasteiger partial charge in [0, 0.05) is 6.54 Å². The molecule has 0 spiro atoms. The molecule has 19 heavy (non-hydrogen) atoms. The van der Waals surface area contributed by atoms with Crippen LogP contribution in [-0.4, -0.2) is 41.6 Å². The summed E-state index contributed by atoms with van der Waals surface area (Å²) < 4.78 is 50.8. The van der Waals surface area contributed by atoms with Gasteiger partial charge in [0.1, 0.15) is 0 Å². The van der Waals surface area contributed by atoms with Crippen LogP contribution in [0, 0.1) is 0 Å². The summed E-state index contributed by atoms with van der Waals surface area (Å²) >= 11 is 0. The molecule has 0 amide bonds. The third-order valence-electron chi connectivity index (χ3n) is 2.28. The Hall–Kier alpha value is -1.00. The second-order valence-corrected chi connectivity index (χ2v) is 7.53. The van der Waals surface area contributed by atoms with Gasteiger partial charge in [-0.2, -0.15) is 0 Å². The number of sulfonamides is 2. The van der Waals surface area contributed by atoms with E-state index in [0.717, 1.165) is 0 Å². The minimum atomic E-state index is -3.75. The van der Waals surface area contributed by atoms with Gasteiger partial charge in [0.2, 0.25) is 20.0 Å². The van der Waals surface area contributed by atoms with E-state index in [9.17, 15) is 16.8 Å². The first kappa shape index (κ1) is 16.1. The zero-order chi connectivity index (χ0) is 14.7. The van der Waals surface area contributed by atoms with Crippen molar-refractivity contribution in [3.8, 4) is 0 Å². The van der Waals surface area contributed by atoms with E-state index in [2.05, 4.69) is 9.44 Å². The summed E-state index contributed by atoms with van der Waals surface area (Å²) in [4.78, 5) is -0.0901. The summed E-state index contributed by atoms with van der Waals surface area (Å²) in [7, 11) is -6.07. The molecule has 0 aliphatic carbocycles. The van der Waals surface area contributed by atoms with Crippen molar-refractivity contribution in [2.75, 3.05) is 13.6 Å². The van der Waals surface area contributed by atoms with E-state index in [0.29, 0.717) is 0 Å². The average Bonchev–Trinajstić information content (AvgIpc) is 2.37. The molecule has 3 N–H and O–H groups in total. The van der Waals surface area contributed by atoms with Gasteiger partial charge in [0.05, 0.1) is 15.9 Å². The lowest BCUT2D eigenvalue weighted by Gasteiger charge is -2.09. The molecule has 9 heteroatoms. The van der Waals surface area contributed by atoms with Crippen molar-refractivity contribution in [2.45, 2.75) is 22.8 Å². The Balaban J connectivity index is 2.99. The van der Waals surface area contributed by atoms with Crippen molar-refractivity contribution in [3.05, 3.63) is 24.3 Å². The van der Waals surface area contributed by atoms with E-state index < -0.39 is 26.2 Å². The fourth-order valence-corrected chi connectivity index (χ4v) is 3.08. The molecule has 1 aromatic carbocycles. The van der Waals surface area contributed by atoms with Gasteiger partial charge in [-0.25, -0.2) is 26.3 Å². The van der Waals surface area contributed by atoms with Crippen molar-refractivity contribution < 1.29 is 21.9 Å². The number of rotatable bonds is 6. The van der Waals surface area contributed by atoms with Gasteiger partial charge in [0.15, 0.2) is 0 Å². The normalized spacial score (nSPS) is 14.3. The highest BCUT2D eigenvalue weighted by Crippen LogP contribution is 2.13. The monoisotopic (exact) mass is 308 g/mol. The van der Waals surface area contributed by atoms with Crippen LogP contribution in [-0.2, 0) is 20.0 Å². The van der Waals surface area contributed by atoms with Crippen LogP contribution in [0.1, 0.15) is 6.92 Å². The van der Waals surface area contributed by atoms with Crippen LogP contribution in [0.5, 0.6) is 0 Å². The zero-order valence-electron chi connectivity index (χ0n) is 10.5. The summed E-state index contributed by atoms with van der Waals surface area (Å²) in [6, 6.07) is 4.77. The Morgan fingerprint density at radius 2 is 1.47 bits per heavy atom. The van der Waals surface area contributed by atoms with E-state index in [1.54, 1.807) is 0 Å². The molecule has 1 aromatic rings. The first-order chi connectivity index (χ1) is 8.69. The standard InChI is InChI=1S/C10H16N2O5S2/c1-8(13)7-12-19(16,17)10-5-3-9(4-6-10)18(14,15)11-2/h3-6,8,11-13H,7H2,1-2H3/t8-/m1/s1. The number of hydrogen-bond acceptors (Lipinski definition) is 5. The van der Waals surface area contributed by atoms with Crippen LogP contribution < -0.4 is 9.44 Å². The number of aliphatic hydroxyl groups is 1. The second kappa shape index (κ2) is 5.97. The molecule has 0 heterocycles. The summed E-state index contributed by atoms with van der Waals surface area (Å²) in [5.41, 5.74) is 0. The Morgan fingerprint density at radius 1 is 1.05 bits per heavy atom. The molecule has 1 rings (SSSR count). The molecule has 0 bridgehead atoms. The highest BCUT2D eigenvalue weighted by molar-refractivity contribution is 7.90. The molecule has 0 unspecified atom stereocenters. The van der Waals surface area contributed by atoms with Crippen molar-refractivity contribution in [1.29, 1.82) is 0 Å². The maximum absolute atomic E-state index is 11.8. The van der Waals surface area contributed by atoms with Crippen LogP contribution in [0.25, 0.3) is 0 Å². The number of hydrogen-bond donors (Lipinski definition) is 3. The maximum atomic E-state index is 11.8. The van der Waals surface area contributed by atoms with Crippen molar-refractivity contribution in [2.24, 2.45) is 0 Å².